The van der Waals surface area contributed by atoms with Crippen molar-refractivity contribution in [2.45, 2.75) is 45.2 Å². The van der Waals surface area contributed by atoms with E-state index < -0.39 is 5.91 Å². The summed E-state index contributed by atoms with van der Waals surface area (Å²) in [6, 6.07) is 6.98. The van der Waals surface area contributed by atoms with Crippen LogP contribution >= 0.6 is 11.3 Å². The van der Waals surface area contributed by atoms with Crippen molar-refractivity contribution in [3.8, 4) is 5.75 Å². The minimum absolute atomic E-state index is 0.0638. The van der Waals surface area contributed by atoms with E-state index in [1.807, 2.05) is 0 Å². The van der Waals surface area contributed by atoms with Crippen LogP contribution in [-0.4, -0.2) is 24.5 Å². The zero-order valence-electron chi connectivity index (χ0n) is 16.3. The van der Waals surface area contributed by atoms with Crippen molar-refractivity contribution >= 4 is 28.2 Å². The van der Waals surface area contributed by atoms with E-state index in [2.05, 4.69) is 38.3 Å². The average molecular weight is 389 g/mol. The molecule has 1 aromatic heterocycles. The zero-order chi connectivity index (χ0) is 20.0. The van der Waals surface area contributed by atoms with Crippen molar-refractivity contribution in [2.75, 3.05) is 12.4 Å². The summed E-state index contributed by atoms with van der Waals surface area (Å²) in [6.45, 7) is 8.54. The van der Waals surface area contributed by atoms with Gasteiger partial charge in [-0.05, 0) is 45.4 Å². The van der Waals surface area contributed by atoms with E-state index in [9.17, 15) is 9.59 Å². The first-order chi connectivity index (χ1) is 12.6. The van der Waals surface area contributed by atoms with Crippen LogP contribution in [0.5, 0.6) is 5.75 Å². The number of ether oxygens (including phenoxy) is 1. The largest absolute Gasteiger partial charge is 0.496 e. The highest BCUT2D eigenvalue weighted by Gasteiger charge is 2.45. The van der Waals surface area contributed by atoms with Crippen molar-refractivity contribution in [3.63, 3.8) is 0 Å². The molecule has 0 atom stereocenters. The number of quaternary nitrogens is 1. The second-order valence-corrected chi connectivity index (χ2v) is 9.18. The topological polar surface area (TPSA) is 98.0 Å². The van der Waals surface area contributed by atoms with E-state index in [1.165, 1.54) is 18.4 Å². The molecular formula is C20H26N3O3S+. The van der Waals surface area contributed by atoms with E-state index in [0.29, 0.717) is 28.3 Å². The van der Waals surface area contributed by atoms with Gasteiger partial charge in [-0.3, -0.25) is 9.59 Å². The maximum absolute atomic E-state index is 12.8. The first-order valence-corrected chi connectivity index (χ1v) is 9.65. The Morgan fingerprint density at radius 2 is 1.89 bits per heavy atom. The van der Waals surface area contributed by atoms with Crippen LogP contribution in [0, 0.1) is 0 Å². The average Bonchev–Trinajstić information content (AvgIpc) is 2.91. The first kappa shape index (κ1) is 19.4. The van der Waals surface area contributed by atoms with Gasteiger partial charge in [0.25, 0.3) is 11.8 Å². The number of fused-ring (bicyclic) bond motifs is 1. The number of methoxy groups -OCH3 is 1. The lowest BCUT2D eigenvalue weighted by atomic mass is 9.81. The van der Waals surface area contributed by atoms with Gasteiger partial charge in [0.15, 0.2) is 0 Å². The molecule has 2 aromatic rings. The van der Waals surface area contributed by atoms with Gasteiger partial charge in [0, 0.05) is 6.42 Å². The SMILES string of the molecule is COc1ccccc1C(=O)Nc1sc2c(c1C(N)=O)CC(C)(C)[NH2+]C2(C)C. The molecule has 6 nitrogen and oxygen atoms in total. The van der Waals surface area contributed by atoms with Crippen LogP contribution in [-0.2, 0) is 12.0 Å². The van der Waals surface area contributed by atoms with Crippen LogP contribution in [0.2, 0.25) is 0 Å². The number of hydrogen-bond acceptors (Lipinski definition) is 4. The number of carbonyl (C=O) groups is 2. The minimum Gasteiger partial charge on any atom is -0.496 e. The van der Waals surface area contributed by atoms with Crippen molar-refractivity contribution in [3.05, 3.63) is 45.8 Å². The quantitative estimate of drug-likeness (QED) is 0.749. The molecule has 0 saturated heterocycles. The Balaban J connectivity index is 2.06. The molecule has 5 N–H and O–H groups in total. The Morgan fingerprint density at radius 1 is 1.22 bits per heavy atom. The summed E-state index contributed by atoms with van der Waals surface area (Å²) in [5.74, 6) is -0.363. The molecule has 2 heterocycles. The van der Waals surface area contributed by atoms with E-state index >= 15 is 0 Å². The third-order valence-corrected chi connectivity index (χ3v) is 6.29. The second-order valence-electron chi connectivity index (χ2n) is 8.16. The molecule has 0 saturated carbocycles. The number of rotatable bonds is 4. The second kappa shape index (κ2) is 6.65. The lowest BCUT2D eigenvalue weighted by Gasteiger charge is -2.38. The standard InChI is InChI=1S/C20H25N3O3S/c1-19(2)10-12-14(16(21)24)18(27-15(12)20(3,4)23-19)22-17(25)11-8-6-7-9-13(11)26-5/h6-9,23H,10H2,1-5H3,(H2,21,24)(H,22,25)/p+1. The maximum atomic E-state index is 12.8. The van der Waals surface area contributed by atoms with Gasteiger partial charge in [0.1, 0.15) is 16.3 Å². The number of nitrogens with one attached hydrogen (secondary N) is 1. The maximum Gasteiger partial charge on any atom is 0.260 e. The van der Waals surface area contributed by atoms with E-state index in [4.69, 9.17) is 10.5 Å². The number of thiophene rings is 1. The predicted molar refractivity (Wildman–Crippen MR) is 107 cm³/mol. The summed E-state index contributed by atoms with van der Waals surface area (Å²) >= 11 is 1.43. The van der Waals surface area contributed by atoms with E-state index in [1.54, 1.807) is 24.3 Å². The third kappa shape index (κ3) is 3.57. The monoisotopic (exact) mass is 388 g/mol. The first-order valence-electron chi connectivity index (χ1n) is 8.83. The number of para-hydroxylation sites is 1. The molecule has 1 aliphatic heterocycles. The van der Waals surface area contributed by atoms with E-state index in [-0.39, 0.29) is 17.0 Å². The molecular weight excluding hydrogens is 362 g/mol. The van der Waals surface area contributed by atoms with Crippen LogP contribution < -0.4 is 21.1 Å². The number of anilines is 1. The van der Waals surface area contributed by atoms with Crippen LogP contribution in [0.15, 0.2) is 24.3 Å². The van der Waals surface area contributed by atoms with Gasteiger partial charge >= 0.3 is 0 Å². The normalized spacial score (nSPS) is 17.1. The molecule has 144 valence electrons. The van der Waals surface area contributed by atoms with Crippen molar-refractivity contribution in [1.29, 1.82) is 0 Å². The fraction of sp³-hybridized carbons (Fsp3) is 0.400. The molecule has 0 unspecified atom stereocenters. The van der Waals surface area contributed by atoms with Gasteiger partial charge in [0.05, 0.1) is 28.7 Å². The van der Waals surface area contributed by atoms with Gasteiger partial charge < -0.3 is 21.1 Å². The molecule has 2 amide bonds. The lowest BCUT2D eigenvalue weighted by molar-refractivity contribution is -0.789. The van der Waals surface area contributed by atoms with Gasteiger partial charge in [-0.1, -0.05) is 12.1 Å². The molecule has 0 fully saturated rings. The molecule has 3 rings (SSSR count). The molecule has 0 bridgehead atoms. The summed E-state index contributed by atoms with van der Waals surface area (Å²) in [5.41, 5.74) is 7.22. The van der Waals surface area contributed by atoms with Crippen LogP contribution in [0.1, 0.15) is 58.9 Å². The molecule has 0 radical (unpaired) electrons. The predicted octanol–water partition coefficient (Wildman–Crippen LogP) is 2.24. The van der Waals surface area contributed by atoms with Crippen LogP contribution in [0.3, 0.4) is 0 Å². The summed E-state index contributed by atoms with van der Waals surface area (Å²) in [6.07, 6.45) is 0.713. The Labute approximate surface area is 163 Å². The Hall–Kier alpha value is -2.38. The Morgan fingerprint density at radius 3 is 2.52 bits per heavy atom. The van der Waals surface area contributed by atoms with Crippen LogP contribution in [0.4, 0.5) is 5.00 Å². The van der Waals surface area contributed by atoms with Crippen LogP contribution in [0.25, 0.3) is 0 Å². The number of nitrogens with two attached hydrogens (primary N) is 2. The molecule has 27 heavy (non-hydrogen) atoms. The van der Waals surface area contributed by atoms with Gasteiger partial charge in [-0.2, -0.15) is 0 Å². The number of carbonyl (C=O) groups excluding carboxylic acids is 2. The number of amides is 2. The highest BCUT2D eigenvalue weighted by atomic mass is 32.1. The summed E-state index contributed by atoms with van der Waals surface area (Å²) in [7, 11) is 1.52. The summed E-state index contributed by atoms with van der Waals surface area (Å²) in [5, 5.41) is 5.69. The molecule has 0 aliphatic carbocycles. The van der Waals surface area contributed by atoms with E-state index in [0.717, 1.165) is 10.4 Å². The van der Waals surface area contributed by atoms with Crippen molar-refractivity contribution < 1.29 is 19.6 Å². The Bertz CT molecular complexity index is 915. The lowest BCUT2D eigenvalue weighted by Crippen LogP contribution is -3.03. The fourth-order valence-electron chi connectivity index (χ4n) is 4.05. The minimum atomic E-state index is -0.517. The smallest absolute Gasteiger partial charge is 0.260 e. The molecule has 7 heteroatoms. The van der Waals surface area contributed by atoms with Crippen molar-refractivity contribution in [2.24, 2.45) is 5.73 Å². The van der Waals surface area contributed by atoms with Gasteiger partial charge in [0.2, 0.25) is 0 Å². The van der Waals surface area contributed by atoms with Crippen molar-refractivity contribution in [1.82, 2.24) is 0 Å². The highest BCUT2D eigenvalue weighted by Crippen LogP contribution is 2.42. The third-order valence-electron chi connectivity index (χ3n) is 4.80. The number of benzene rings is 1. The molecule has 1 aromatic carbocycles. The van der Waals surface area contributed by atoms with Gasteiger partial charge in [-0.25, -0.2) is 0 Å². The zero-order valence-corrected chi connectivity index (χ0v) is 17.1. The molecule has 1 aliphatic rings. The fourth-order valence-corrected chi connectivity index (χ4v) is 5.35. The number of primary amides is 1. The Kier molecular flexibility index (Phi) is 4.78. The highest BCUT2D eigenvalue weighted by molar-refractivity contribution is 7.17. The summed E-state index contributed by atoms with van der Waals surface area (Å²) < 4.78 is 5.27. The van der Waals surface area contributed by atoms with Gasteiger partial charge in [-0.15, -0.1) is 11.3 Å². The summed E-state index contributed by atoms with van der Waals surface area (Å²) in [4.78, 5) is 26.2. The molecule has 0 spiro atoms. The number of hydrogen-bond donors (Lipinski definition) is 3.